The number of hydrogen-bond acceptors (Lipinski definition) is 3. The average molecular weight is 293 g/mol. The fourth-order valence-electron chi connectivity index (χ4n) is 0.969. The van der Waals surface area contributed by atoms with Crippen LogP contribution in [0.3, 0.4) is 0 Å². The number of aromatic hydroxyl groups is 1. The zero-order valence-electron chi connectivity index (χ0n) is 6.84. The topological polar surface area (TPSA) is 69.6 Å². The second-order valence-electron chi connectivity index (χ2n) is 2.56. The zero-order valence-corrected chi connectivity index (χ0v) is 8.99. The van der Waals surface area contributed by atoms with Crippen LogP contribution in [0.4, 0.5) is 0 Å². The molecule has 0 spiro atoms. The number of hydroxylamine groups is 1. The van der Waals surface area contributed by atoms with E-state index in [2.05, 4.69) is 0 Å². The summed E-state index contributed by atoms with van der Waals surface area (Å²) in [6.45, 7) is 1.69. The Morgan fingerprint density at radius 3 is 2.69 bits per heavy atom. The fraction of sp³-hybridized carbons (Fsp3) is 0.125. The van der Waals surface area contributed by atoms with E-state index in [-0.39, 0.29) is 11.3 Å². The molecule has 1 amide bonds. The van der Waals surface area contributed by atoms with Crippen molar-refractivity contribution in [2.75, 3.05) is 0 Å². The number of phenolic OH excluding ortho intramolecular Hbond substituents is 1. The SMILES string of the molecule is Cc1cc(I)cc(C(=O)NO)c1O. The standard InChI is InChI=1S/C8H8INO3/c1-4-2-5(9)3-6(7(4)11)8(12)10-13/h2-3,11,13H,1H3,(H,10,12). The minimum Gasteiger partial charge on any atom is -0.507 e. The van der Waals surface area contributed by atoms with Crippen LogP contribution in [0.25, 0.3) is 0 Å². The number of rotatable bonds is 1. The number of benzene rings is 1. The van der Waals surface area contributed by atoms with Crippen molar-refractivity contribution < 1.29 is 15.1 Å². The first-order valence-electron chi connectivity index (χ1n) is 3.50. The molecule has 0 radical (unpaired) electrons. The van der Waals surface area contributed by atoms with Crippen molar-refractivity contribution in [2.45, 2.75) is 6.92 Å². The summed E-state index contributed by atoms with van der Waals surface area (Å²) in [5.74, 6) is -0.814. The van der Waals surface area contributed by atoms with Gasteiger partial charge in [0.25, 0.3) is 5.91 Å². The van der Waals surface area contributed by atoms with Gasteiger partial charge in [0.15, 0.2) is 0 Å². The third-order valence-corrected chi connectivity index (χ3v) is 2.23. The molecule has 13 heavy (non-hydrogen) atoms. The monoisotopic (exact) mass is 293 g/mol. The van der Waals surface area contributed by atoms with Gasteiger partial charge in [0, 0.05) is 3.57 Å². The number of amides is 1. The fourth-order valence-corrected chi connectivity index (χ4v) is 1.75. The van der Waals surface area contributed by atoms with E-state index in [0.29, 0.717) is 5.56 Å². The predicted octanol–water partition coefficient (Wildman–Crippen LogP) is 1.42. The third kappa shape index (κ3) is 2.10. The second kappa shape index (κ2) is 3.93. The zero-order chi connectivity index (χ0) is 10.0. The molecule has 1 rings (SSSR count). The Labute approximate surface area is 88.7 Å². The molecule has 4 nitrogen and oxygen atoms in total. The molecule has 0 aromatic heterocycles. The van der Waals surface area contributed by atoms with Crippen LogP contribution >= 0.6 is 22.6 Å². The van der Waals surface area contributed by atoms with Crippen LogP contribution in [0, 0.1) is 10.5 Å². The van der Waals surface area contributed by atoms with Gasteiger partial charge in [0.05, 0.1) is 5.56 Å². The van der Waals surface area contributed by atoms with Crippen LogP contribution in [0.1, 0.15) is 15.9 Å². The highest BCUT2D eigenvalue weighted by Gasteiger charge is 2.12. The predicted molar refractivity (Wildman–Crippen MR) is 54.8 cm³/mol. The van der Waals surface area contributed by atoms with E-state index in [4.69, 9.17) is 5.21 Å². The number of carbonyl (C=O) groups excluding carboxylic acids is 1. The summed E-state index contributed by atoms with van der Waals surface area (Å²) in [4.78, 5) is 11.0. The van der Waals surface area contributed by atoms with Gasteiger partial charge < -0.3 is 5.11 Å². The normalized spacial score (nSPS) is 9.77. The highest BCUT2D eigenvalue weighted by molar-refractivity contribution is 14.1. The van der Waals surface area contributed by atoms with Crippen molar-refractivity contribution in [3.8, 4) is 5.75 Å². The molecule has 3 N–H and O–H groups in total. The van der Waals surface area contributed by atoms with Crippen LogP contribution in [0.2, 0.25) is 0 Å². The summed E-state index contributed by atoms with van der Waals surface area (Å²) in [6.07, 6.45) is 0. The minimum atomic E-state index is -0.709. The van der Waals surface area contributed by atoms with Gasteiger partial charge in [0.2, 0.25) is 0 Å². The molecular formula is C8H8INO3. The maximum absolute atomic E-state index is 11.0. The van der Waals surface area contributed by atoms with E-state index in [1.807, 2.05) is 22.6 Å². The summed E-state index contributed by atoms with van der Waals surface area (Å²) in [5.41, 5.74) is 2.15. The molecular weight excluding hydrogens is 285 g/mol. The van der Waals surface area contributed by atoms with Crippen molar-refractivity contribution in [3.63, 3.8) is 0 Å². The van der Waals surface area contributed by atoms with Crippen molar-refractivity contribution in [2.24, 2.45) is 0 Å². The van der Waals surface area contributed by atoms with Crippen LogP contribution in [0.15, 0.2) is 12.1 Å². The van der Waals surface area contributed by atoms with Crippen molar-refractivity contribution in [3.05, 3.63) is 26.8 Å². The Morgan fingerprint density at radius 1 is 1.54 bits per heavy atom. The lowest BCUT2D eigenvalue weighted by Gasteiger charge is -2.05. The molecule has 0 saturated carbocycles. The van der Waals surface area contributed by atoms with Crippen molar-refractivity contribution >= 4 is 28.5 Å². The van der Waals surface area contributed by atoms with Crippen LogP contribution in [0.5, 0.6) is 5.75 Å². The van der Waals surface area contributed by atoms with E-state index in [0.717, 1.165) is 3.57 Å². The van der Waals surface area contributed by atoms with E-state index < -0.39 is 5.91 Å². The largest absolute Gasteiger partial charge is 0.507 e. The lowest BCUT2D eigenvalue weighted by molar-refractivity contribution is 0.0703. The number of carbonyl (C=O) groups is 1. The molecule has 1 aromatic carbocycles. The Kier molecular flexibility index (Phi) is 3.10. The van der Waals surface area contributed by atoms with Gasteiger partial charge in [-0.15, -0.1) is 0 Å². The first-order valence-corrected chi connectivity index (χ1v) is 4.57. The Morgan fingerprint density at radius 2 is 2.15 bits per heavy atom. The van der Waals surface area contributed by atoms with Gasteiger partial charge in [-0.2, -0.15) is 0 Å². The van der Waals surface area contributed by atoms with E-state index in [1.54, 1.807) is 13.0 Å². The van der Waals surface area contributed by atoms with E-state index in [1.165, 1.54) is 11.5 Å². The Hall–Kier alpha value is -0.820. The van der Waals surface area contributed by atoms with Crippen LogP contribution in [-0.4, -0.2) is 16.2 Å². The van der Waals surface area contributed by atoms with Gasteiger partial charge in [0.1, 0.15) is 5.75 Å². The molecule has 0 heterocycles. The molecule has 0 saturated heterocycles. The molecule has 0 aliphatic carbocycles. The van der Waals surface area contributed by atoms with Gasteiger partial charge in [-0.3, -0.25) is 10.0 Å². The smallest absolute Gasteiger partial charge is 0.278 e. The van der Waals surface area contributed by atoms with E-state index in [9.17, 15) is 9.90 Å². The van der Waals surface area contributed by atoms with E-state index >= 15 is 0 Å². The quantitative estimate of drug-likeness (QED) is 0.417. The Bertz CT molecular complexity index is 351. The summed E-state index contributed by atoms with van der Waals surface area (Å²) in [6, 6.07) is 3.23. The molecule has 70 valence electrons. The molecule has 0 aliphatic rings. The maximum Gasteiger partial charge on any atom is 0.278 e. The van der Waals surface area contributed by atoms with Gasteiger partial charge in [-0.05, 0) is 47.2 Å². The lowest BCUT2D eigenvalue weighted by atomic mass is 10.1. The number of phenols is 1. The first-order chi connectivity index (χ1) is 6.06. The number of aryl methyl sites for hydroxylation is 1. The molecule has 1 aromatic rings. The van der Waals surface area contributed by atoms with Crippen LogP contribution in [-0.2, 0) is 0 Å². The first kappa shape index (κ1) is 10.3. The highest BCUT2D eigenvalue weighted by atomic mass is 127. The summed E-state index contributed by atoms with van der Waals surface area (Å²) < 4.78 is 0.825. The molecule has 0 aliphatic heterocycles. The molecule has 0 bridgehead atoms. The average Bonchev–Trinajstić information content (AvgIpc) is 2.10. The van der Waals surface area contributed by atoms with Crippen LogP contribution < -0.4 is 5.48 Å². The summed E-state index contributed by atoms with van der Waals surface area (Å²) >= 11 is 2.02. The lowest BCUT2D eigenvalue weighted by Crippen LogP contribution is -2.19. The summed E-state index contributed by atoms with van der Waals surface area (Å²) in [5, 5.41) is 17.8. The van der Waals surface area contributed by atoms with Gasteiger partial charge in [-0.25, -0.2) is 5.48 Å². The second-order valence-corrected chi connectivity index (χ2v) is 3.81. The van der Waals surface area contributed by atoms with Gasteiger partial charge in [-0.1, -0.05) is 0 Å². The van der Waals surface area contributed by atoms with Crippen molar-refractivity contribution in [1.82, 2.24) is 5.48 Å². The minimum absolute atomic E-state index is 0.0758. The molecule has 0 unspecified atom stereocenters. The van der Waals surface area contributed by atoms with Crippen molar-refractivity contribution in [1.29, 1.82) is 0 Å². The Balaban J connectivity index is 3.28. The number of nitrogens with one attached hydrogen (secondary N) is 1. The maximum atomic E-state index is 11.0. The molecule has 0 fully saturated rings. The molecule has 5 heteroatoms. The number of halogens is 1. The highest BCUT2D eigenvalue weighted by Crippen LogP contribution is 2.24. The third-order valence-electron chi connectivity index (χ3n) is 1.61. The number of hydrogen-bond donors (Lipinski definition) is 3. The van der Waals surface area contributed by atoms with Gasteiger partial charge >= 0.3 is 0 Å². The molecule has 0 atom stereocenters. The summed E-state index contributed by atoms with van der Waals surface area (Å²) in [7, 11) is 0.